The smallest absolute Gasteiger partial charge is 0.367 e. The molecule has 25 heavy (non-hydrogen) atoms. The zero-order valence-electron chi connectivity index (χ0n) is 17.3. The van der Waals surface area contributed by atoms with Gasteiger partial charge in [-0.2, -0.15) is 0 Å². The van der Waals surface area contributed by atoms with Gasteiger partial charge < -0.3 is 13.3 Å². The van der Waals surface area contributed by atoms with E-state index in [1.54, 1.807) is 0 Å². The maximum atomic E-state index is 6.51. The second kappa shape index (κ2) is 11.1. The molecule has 144 valence electrons. The highest BCUT2D eigenvalue weighted by Crippen LogP contribution is 2.21. The molecule has 0 amide bonds. The lowest BCUT2D eigenvalue weighted by atomic mass is 10.1. The molecule has 0 saturated carbocycles. The molecule has 0 heterocycles. The van der Waals surface area contributed by atoms with Gasteiger partial charge in [-0.25, -0.2) is 0 Å². The summed E-state index contributed by atoms with van der Waals surface area (Å²) in [5.41, 5.74) is 1.35. The third-order valence-corrected chi connectivity index (χ3v) is 7.82. The van der Waals surface area contributed by atoms with Crippen LogP contribution in [0, 0.1) is 0 Å². The number of rotatable bonds is 12. The second-order valence-electron chi connectivity index (χ2n) is 7.01. The predicted molar refractivity (Wildman–Crippen MR) is 108 cm³/mol. The minimum atomic E-state index is -2.97. The SMILES string of the molecule is CCCc1ccc([Si](OC(C)CC)(OC(C)CC)OC(C)CC)cc1. The lowest BCUT2D eigenvalue weighted by molar-refractivity contribution is 0.000762. The highest BCUT2D eigenvalue weighted by molar-refractivity contribution is 6.75. The third-order valence-electron chi connectivity index (χ3n) is 4.64. The monoisotopic (exact) mass is 366 g/mol. The van der Waals surface area contributed by atoms with Gasteiger partial charge in [0.15, 0.2) is 0 Å². The van der Waals surface area contributed by atoms with Crippen LogP contribution in [0.25, 0.3) is 0 Å². The maximum Gasteiger partial charge on any atom is 0.537 e. The van der Waals surface area contributed by atoms with Gasteiger partial charge in [-0.15, -0.1) is 0 Å². The van der Waals surface area contributed by atoms with E-state index in [2.05, 4.69) is 72.7 Å². The van der Waals surface area contributed by atoms with E-state index in [0.717, 1.165) is 37.3 Å². The van der Waals surface area contributed by atoms with Gasteiger partial charge in [0, 0.05) is 23.5 Å². The summed E-state index contributed by atoms with van der Waals surface area (Å²) in [5.74, 6) is 0. The van der Waals surface area contributed by atoms with Crippen LogP contribution in [0.15, 0.2) is 24.3 Å². The zero-order valence-corrected chi connectivity index (χ0v) is 18.3. The lowest BCUT2D eigenvalue weighted by Crippen LogP contribution is -2.60. The minimum absolute atomic E-state index is 0.107. The van der Waals surface area contributed by atoms with Crippen LogP contribution < -0.4 is 5.19 Å². The van der Waals surface area contributed by atoms with Gasteiger partial charge >= 0.3 is 8.80 Å². The molecular formula is C21H38O3Si. The lowest BCUT2D eigenvalue weighted by Gasteiger charge is -2.36. The molecule has 0 N–H and O–H groups in total. The molecule has 0 aromatic heterocycles. The molecule has 0 spiro atoms. The van der Waals surface area contributed by atoms with Crippen LogP contribution in [0.2, 0.25) is 0 Å². The normalized spacial score (nSPS) is 17.7. The fourth-order valence-electron chi connectivity index (χ4n) is 2.50. The average molecular weight is 367 g/mol. The third kappa shape index (κ3) is 6.85. The first-order chi connectivity index (χ1) is 11.9. The molecule has 1 aromatic rings. The molecule has 1 rings (SSSR count). The van der Waals surface area contributed by atoms with Crippen LogP contribution in [0.5, 0.6) is 0 Å². The Balaban J connectivity index is 3.27. The molecule has 0 aliphatic heterocycles. The van der Waals surface area contributed by atoms with Crippen LogP contribution in [0.1, 0.15) is 79.7 Å². The predicted octanol–water partition coefficient (Wildman–Crippen LogP) is 5.23. The van der Waals surface area contributed by atoms with E-state index >= 15 is 0 Å². The van der Waals surface area contributed by atoms with Crippen molar-refractivity contribution in [2.24, 2.45) is 0 Å². The molecule has 0 radical (unpaired) electrons. The van der Waals surface area contributed by atoms with Crippen molar-refractivity contribution in [1.82, 2.24) is 0 Å². The van der Waals surface area contributed by atoms with Crippen LogP contribution >= 0.6 is 0 Å². The summed E-state index contributed by atoms with van der Waals surface area (Å²) in [6.45, 7) is 14.9. The summed E-state index contributed by atoms with van der Waals surface area (Å²) < 4.78 is 19.5. The highest BCUT2D eigenvalue weighted by Gasteiger charge is 2.47. The summed E-state index contributed by atoms with van der Waals surface area (Å²) in [6.07, 6.45) is 5.39. The van der Waals surface area contributed by atoms with E-state index in [0.29, 0.717) is 0 Å². The summed E-state index contributed by atoms with van der Waals surface area (Å²) >= 11 is 0. The van der Waals surface area contributed by atoms with Gasteiger partial charge in [-0.1, -0.05) is 58.4 Å². The Kier molecular flexibility index (Phi) is 9.94. The number of benzene rings is 1. The highest BCUT2D eigenvalue weighted by atomic mass is 28.4. The first kappa shape index (κ1) is 22.4. The first-order valence-electron chi connectivity index (χ1n) is 10.0. The number of hydrogen-bond acceptors (Lipinski definition) is 3. The largest absolute Gasteiger partial charge is 0.537 e. The fraction of sp³-hybridized carbons (Fsp3) is 0.714. The standard InChI is InChI=1S/C21H38O3Si/c1-8-12-20-13-15-21(16-14-20)25(22-17(5)9-2,23-18(6)10-3)24-19(7)11-4/h13-19H,8-12H2,1-7H3. The van der Waals surface area contributed by atoms with Crippen molar-refractivity contribution in [1.29, 1.82) is 0 Å². The van der Waals surface area contributed by atoms with Crippen molar-refractivity contribution in [2.45, 2.75) is 98.9 Å². The maximum absolute atomic E-state index is 6.51. The molecule has 4 heteroatoms. The molecule has 1 aromatic carbocycles. The van der Waals surface area contributed by atoms with Crippen molar-refractivity contribution in [3.05, 3.63) is 29.8 Å². The number of hydrogen-bond donors (Lipinski definition) is 0. The van der Waals surface area contributed by atoms with Crippen LogP contribution in [-0.4, -0.2) is 27.1 Å². The van der Waals surface area contributed by atoms with Gasteiger partial charge in [0.05, 0.1) is 0 Å². The Morgan fingerprint density at radius 3 is 1.44 bits per heavy atom. The topological polar surface area (TPSA) is 27.7 Å². The minimum Gasteiger partial charge on any atom is -0.367 e. The Hall–Kier alpha value is -0.683. The molecule has 0 aliphatic carbocycles. The molecule has 0 aliphatic rings. The fourth-order valence-corrected chi connectivity index (χ4v) is 5.74. The molecular weight excluding hydrogens is 328 g/mol. The molecule has 0 bridgehead atoms. The van der Waals surface area contributed by atoms with E-state index < -0.39 is 8.80 Å². The Morgan fingerprint density at radius 2 is 1.12 bits per heavy atom. The Bertz CT molecular complexity index is 443. The van der Waals surface area contributed by atoms with Gasteiger partial charge in [0.25, 0.3) is 0 Å². The average Bonchev–Trinajstić information content (AvgIpc) is 2.61. The van der Waals surface area contributed by atoms with Crippen molar-refractivity contribution in [3.8, 4) is 0 Å². The molecule has 0 saturated heterocycles. The molecule has 3 unspecified atom stereocenters. The number of aryl methyl sites for hydroxylation is 1. The van der Waals surface area contributed by atoms with Gasteiger partial charge in [0.1, 0.15) is 0 Å². The summed E-state index contributed by atoms with van der Waals surface area (Å²) in [4.78, 5) is 0. The van der Waals surface area contributed by atoms with Gasteiger partial charge in [-0.3, -0.25) is 0 Å². The van der Waals surface area contributed by atoms with E-state index in [1.165, 1.54) is 5.56 Å². The van der Waals surface area contributed by atoms with Crippen LogP contribution in [0.3, 0.4) is 0 Å². The second-order valence-corrected chi connectivity index (χ2v) is 9.41. The quantitative estimate of drug-likeness (QED) is 0.474. The van der Waals surface area contributed by atoms with E-state index in [-0.39, 0.29) is 18.3 Å². The Labute approximate surface area is 156 Å². The zero-order chi connectivity index (χ0) is 18.9. The van der Waals surface area contributed by atoms with E-state index in [4.69, 9.17) is 13.3 Å². The van der Waals surface area contributed by atoms with Gasteiger partial charge in [-0.05, 0) is 52.0 Å². The van der Waals surface area contributed by atoms with Gasteiger partial charge in [0.2, 0.25) is 0 Å². The summed E-state index contributed by atoms with van der Waals surface area (Å²) in [7, 11) is -2.97. The van der Waals surface area contributed by atoms with Crippen molar-refractivity contribution < 1.29 is 13.3 Å². The summed E-state index contributed by atoms with van der Waals surface area (Å²) in [6, 6.07) is 8.70. The van der Waals surface area contributed by atoms with Crippen molar-refractivity contribution in [2.75, 3.05) is 0 Å². The summed E-state index contributed by atoms with van der Waals surface area (Å²) in [5, 5.41) is 1.08. The van der Waals surface area contributed by atoms with Crippen LogP contribution in [-0.2, 0) is 19.7 Å². The van der Waals surface area contributed by atoms with Crippen molar-refractivity contribution >= 4 is 14.0 Å². The molecule has 0 fully saturated rings. The van der Waals surface area contributed by atoms with E-state index in [9.17, 15) is 0 Å². The van der Waals surface area contributed by atoms with Crippen molar-refractivity contribution in [3.63, 3.8) is 0 Å². The van der Waals surface area contributed by atoms with Crippen LogP contribution in [0.4, 0.5) is 0 Å². The first-order valence-corrected chi connectivity index (χ1v) is 11.8. The molecule has 3 nitrogen and oxygen atoms in total. The Morgan fingerprint density at radius 1 is 0.720 bits per heavy atom. The molecule has 3 atom stereocenters. The van der Waals surface area contributed by atoms with E-state index in [1.807, 2.05) is 0 Å².